The first-order valence-electron chi connectivity index (χ1n) is 9.48. The molecule has 2 aromatic heterocycles. The molecule has 1 aromatic carbocycles. The number of aryl methyl sites for hydroxylation is 1. The second-order valence-electron chi connectivity index (χ2n) is 7.33. The van der Waals surface area contributed by atoms with E-state index >= 15 is 0 Å². The SMILES string of the molecule is Cc1c(-c2cncn2CCNC2CCS(=O)(=O)C2)c(-c2ccccc2)nn1C. The van der Waals surface area contributed by atoms with E-state index in [9.17, 15) is 8.42 Å². The Bertz CT molecular complexity index is 1070. The zero-order valence-electron chi connectivity index (χ0n) is 16.2. The molecular formula is C20H25N5O2S. The highest BCUT2D eigenvalue weighted by Gasteiger charge is 2.27. The Labute approximate surface area is 165 Å². The van der Waals surface area contributed by atoms with Crippen molar-refractivity contribution in [2.75, 3.05) is 18.1 Å². The maximum absolute atomic E-state index is 11.6. The summed E-state index contributed by atoms with van der Waals surface area (Å²) in [5.41, 5.74) is 5.19. The zero-order chi connectivity index (χ0) is 19.7. The van der Waals surface area contributed by atoms with Gasteiger partial charge in [-0.25, -0.2) is 13.4 Å². The van der Waals surface area contributed by atoms with E-state index < -0.39 is 9.84 Å². The molecular weight excluding hydrogens is 374 g/mol. The van der Waals surface area contributed by atoms with Gasteiger partial charge < -0.3 is 9.88 Å². The highest BCUT2D eigenvalue weighted by Crippen LogP contribution is 2.33. The average molecular weight is 400 g/mol. The molecule has 4 rings (SSSR count). The summed E-state index contributed by atoms with van der Waals surface area (Å²) in [5, 5.41) is 8.10. The predicted octanol–water partition coefficient (Wildman–Crippen LogP) is 2.04. The number of hydrogen-bond acceptors (Lipinski definition) is 5. The Morgan fingerprint density at radius 2 is 2.04 bits per heavy atom. The predicted molar refractivity (Wildman–Crippen MR) is 110 cm³/mol. The minimum Gasteiger partial charge on any atom is -0.329 e. The molecule has 7 nitrogen and oxygen atoms in total. The molecule has 1 fully saturated rings. The fourth-order valence-corrected chi connectivity index (χ4v) is 5.47. The number of benzene rings is 1. The molecule has 1 atom stereocenters. The van der Waals surface area contributed by atoms with Crippen molar-refractivity contribution in [2.45, 2.75) is 25.9 Å². The molecule has 0 spiro atoms. The number of aromatic nitrogens is 4. The third-order valence-corrected chi connectivity index (χ3v) is 7.14. The molecule has 0 saturated carbocycles. The van der Waals surface area contributed by atoms with Crippen LogP contribution in [0.25, 0.3) is 22.5 Å². The molecule has 1 aliphatic heterocycles. The van der Waals surface area contributed by atoms with E-state index in [2.05, 4.69) is 33.9 Å². The largest absolute Gasteiger partial charge is 0.329 e. The first-order valence-corrected chi connectivity index (χ1v) is 11.3. The van der Waals surface area contributed by atoms with Gasteiger partial charge in [0.1, 0.15) is 5.69 Å². The van der Waals surface area contributed by atoms with E-state index in [0.29, 0.717) is 19.5 Å². The van der Waals surface area contributed by atoms with Gasteiger partial charge in [-0.3, -0.25) is 4.68 Å². The van der Waals surface area contributed by atoms with Gasteiger partial charge in [-0.2, -0.15) is 5.10 Å². The molecule has 3 heterocycles. The molecule has 0 aliphatic carbocycles. The summed E-state index contributed by atoms with van der Waals surface area (Å²) in [5.74, 6) is 0.528. The van der Waals surface area contributed by atoms with Crippen LogP contribution in [-0.2, 0) is 23.4 Å². The van der Waals surface area contributed by atoms with Crippen LogP contribution in [0, 0.1) is 6.92 Å². The number of rotatable bonds is 6. The highest BCUT2D eigenvalue weighted by molar-refractivity contribution is 7.91. The molecule has 8 heteroatoms. The van der Waals surface area contributed by atoms with E-state index in [-0.39, 0.29) is 17.5 Å². The lowest BCUT2D eigenvalue weighted by Crippen LogP contribution is -2.32. The van der Waals surface area contributed by atoms with Gasteiger partial charge in [0, 0.05) is 43.0 Å². The van der Waals surface area contributed by atoms with Crippen LogP contribution in [0.5, 0.6) is 0 Å². The summed E-state index contributed by atoms with van der Waals surface area (Å²) < 4.78 is 27.2. The van der Waals surface area contributed by atoms with Crippen molar-refractivity contribution in [2.24, 2.45) is 7.05 Å². The summed E-state index contributed by atoms with van der Waals surface area (Å²) >= 11 is 0. The smallest absolute Gasteiger partial charge is 0.151 e. The Hall–Kier alpha value is -2.45. The van der Waals surface area contributed by atoms with Gasteiger partial charge in [0.05, 0.1) is 29.7 Å². The van der Waals surface area contributed by atoms with Gasteiger partial charge in [0.15, 0.2) is 9.84 Å². The second kappa shape index (κ2) is 7.52. The van der Waals surface area contributed by atoms with Gasteiger partial charge in [0.2, 0.25) is 0 Å². The van der Waals surface area contributed by atoms with Crippen molar-refractivity contribution in [1.82, 2.24) is 24.6 Å². The van der Waals surface area contributed by atoms with Crippen LogP contribution in [0.2, 0.25) is 0 Å². The van der Waals surface area contributed by atoms with Crippen LogP contribution in [-0.4, -0.2) is 51.8 Å². The molecule has 1 saturated heterocycles. The topological polar surface area (TPSA) is 81.8 Å². The molecule has 0 radical (unpaired) electrons. The van der Waals surface area contributed by atoms with Crippen molar-refractivity contribution in [1.29, 1.82) is 0 Å². The van der Waals surface area contributed by atoms with Gasteiger partial charge in [0.25, 0.3) is 0 Å². The van der Waals surface area contributed by atoms with Crippen molar-refractivity contribution < 1.29 is 8.42 Å². The van der Waals surface area contributed by atoms with Crippen molar-refractivity contribution in [3.05, 3.63) is 48.5 Å². The summed E-state index contributed by atoms with van der Waals surface area (Å²) in [6.07, 6.45) is 4.39. The van der Waals surface area contributed by atoms with E-state index in [0.717, 1.165) is 28.2 Å². The quantitative estimate of drug-likeness (QED) is 0.686. The highest BCUT2D eigenvalue weighted by atomic mass is 32.2. The van der Waals surface area contributed by atoms with Crippen LogP contribution in [0.3, 0.4) is 0 Å². The third-order valence-electron chi connectivity index (χ3n) is 5.37. The van der Waals surface area contributed by atoms with Crippen LogP contribution in [0.15, 0.2) is 42.9 Å². The monoisotopic (exact) mass is 399 g/mol. The Morgan fingerprint density at radius 3 is 2.75 bits per heavy atom. The van der Waals surface area contributed by atoms with Gasteiger partial charge in [-0.05, 0) is 13.3 Å². The minimum absolute atomic E-state index is 0.0528. The summed E-state index contributed by atoms with van der Waals surface area (Å²) in [4.78, 5) is 4.36. The minimum atomic E-state index is -2.86. The lowest BCUT2D eigenvalue weighted by molar-refractivity contribution is 0.521. The van der Waals surface area contributed by atoms with Crippen LogP contribution in [0.1, 0.15) is 12.1 Å². The molecule has 0 amide bonds. The lowest BCUT2D eigenvalue weighted by atomic mass is 10.0. The van der Waals surface area contributed by atoms with Crippen LogP contribution in [0.4, 0.5) is 0 Å². The fourth-order valence-electron chi connectivity index (χ4n) is 3.77. The summed E-state index contributed by atoms with van der Waals surface area (Å²) in [6.45, 7) is 3.48. The number of nitrogens with zero attached hydrogens (tertiary/aromatic N) is 4. The standard InChI is InChI=1S/C20H25N5O2S/c1-15-19(20(23-24(15)2)16-6-4-3-5-7-16)18-12-21-14-25(18)10-9-22-17-8-11-28(26,27)13-17/h3-7,12,14,17,22H,8-11,13H2,1-2H3. The molecule has 3 aromatic rings. The van der Waals surface area contributed by atoms with Crippen LogP contribution < -0.4 is 5.32 Å². The van der Waals surface area contributed by atoms with Crippen molar-refractivity contribution in [3.63, 3.8) is 0 Å². The second-order valence-corrected chi connectivity index (χ2v) is 9.55. The van der Waals surface area contributed by atoms with Crippen LogP contribution >= 0.6 is 0 Å². The molecule has 28 heavy (non-hydrogen) atoms. The molecule has 1 unspecified atom stereocenters. The molecule has 0 bridgehead atoms. The first-order chi connectivity index (χ1) is 13.4. The molecule has 148 valence electrons. The zero-order valence-corrected chi connectivity index (χ0v) is 17.0. The van der Waals surface area contributed by atoms with Crippen molar-refractivity contribution >= 4 is 9.84 Å². The van der Waals surface area contributed by atoms with Crippen molar-refractivity contribution in [3.8, 4) is 22.5 Å². The van der Waals surface area contributed by atoms with Gasteiger partial charge in [-0.15, -0.1) is 0 Å². The van der Waals surface area contributed by atoms with Gasteiger partial charge >= 0.3 is 0 Å². The number of hydrogen-bond donors (Lipinski definition) is 1. The fraction of sp³-hybridized carbons (Fsp3) is 0.400. The number of nitrogens with one attached hydrogen (secondary N) is 1. The number of imidazole rings is 1. The Morgan fingerprint density at radius 1 is 1.25 bits per heavy atom. The average Bonchev–Trinajstić information content (AvgIpc) is 3.35. The molecule has 1 aliphatic rings. The van der Waals surface area contributed by atoms with Gasteiger partial charge in [-0.1, -0.05) is 30.3 Å². The van der Waals surface area contributed by atoms with E-state index in [1.807, 2.05) is 42.5 Å². The maximum atomic E-state index is 11.6. The number of sulfone groups is 1. The van der Waals surface area contributed by atoms with E-state index in [4.69, 9.17) is 5.10 Å². The lowest BCUT2D eigenvalue weighted by Gasteiger charge is -2.13. The van der Waals surface area contributed by atoms with E-state index in [1.165, 1.54) is 0 Å². The maximum Gasteiger partial charge on any atom is 0.151 e. The first kappa shape index (κ1) is 18.9. The van der Waals surface area contributed by atoms with E-state index in [1.54, 1.807) is 0 Å². The normalized spacial score (nSPS) is 18.6. The summed E-state index contributed by atoms with van der Waals surface area (Å²) in [7, 11) is -0.910. The third kappa shape index (κ3) is 3.74. The Balaban J connectivity index is 1.56. The summed E-state index contributed by atoms with van der Waals surface area (Å²) in [6, 6.07) is 10.2. The Kier molecular flexibility index (Phi) is 5.07. The molecule has 1 N–H and O–H groups in total.